The molecule has 1 aromatic carbocycles. The number of hydrogen-bond acceptors (Lipinski definition) is 4. The highest BCUT2D eigenvalue weighted by atomic mass is 19.1. The van der Waals surface area contributed by atoms with Crippen LogP contribution in [-0.4, -0.2) is 39.4 Å². The molecule has 1 saturated heterocycles. The third-order valence-electron chi connectivity index (χ3n) is 3.19. The van der Waals surface area contributed by atoms with Gasteiger partial charge in [0.05, 0.1) is 16.6 Å². The lowest BCUT2D eigenvalue weighted by molar-refractivity contribution is -0.385. The van der Waals surface area contributed by atoms with Gasteiger partial charge in [-0.05, 0) is 18.9 Å². The topological polar surface area (TPSA) is 101 Å². The molecule has 7 nitrogen and oxygen atoms in total. The molecule has 0 spiro atoms. The maximum atomic E-state index is 13.7. The molecule has 0 aliphatic carbocycles. The van der Waals surface area contributed by atoms with Crippen LogP contribution < -0.4 is 0 Å². The van der Waals surface area contributed by atoms with Crippen LogP contribution in [0.4, 0.5) is 10.1 Å². The molecule has 0 radical (unpaired) electrons. The first-order valence-corrected chi connectivity index (χ1v) is 5.89. The van der Waals surface area contributed by atoms with E-state index in [0.29, 0.717) is 18.9 Å². The number of nitro groups is 1. The SMILES string of the molecule is O=C(O)[C@@H]1CCCN1C(=O)c1ccc([N+](=O)[O-])cc1F. The molecule has 2 rings (SSSR count). The maximum absolute atomic E-state index is 13.7. The molecule has 0 unspecified atom stereocenters. The molecular weight excluding hydrogens is 271 g/mol. The van der Waals surface area contributed by atoms with Crippen LogP contribution >= 0.6 is 0 Å². The number of carbonyl (C=O) groups excluding carboxylic acids is 1. The van der Waals surface area contributed by atoms with Crippen LogP contribution in [0, 0.1) is 15.9 Å². The van der Waals surface area contributed by atoms with Crippen molar-refractivity contribution in [1.82, 2.24) is 4.90 Å². The second kappa shape index (κ2) is 5.24. The Kier molecular flexibility index (Phi) is 3.64. The zero-order valence-corrected chi connectivity index (χ0v) is 10.3. The van der Waals surface area contributed by atoms with Crippen molar-refractivity contribution >= 4 is 17.6 Å². The minimum atomic E-state index is -1.14. The standard InChI is InChI=1S/C12H11FN2O5/c13-9-6-7(15(19)20)3-4-8(9)11(16)14-5-1-2-10(14)12(17)18/h3-4,6,10H,1-2,5H2,(H,17,18)/t10-/m0/s1. The van der Waals surface area contributed by atoms with Crippen molar-refractivity contribution < 1.29 is 24.0 Å². The minimum absolute atomic E-state index is 0.228. The van der Waals surface area contributed by atoms with Gasteiger partial charge in [-0.15, -0.1) is 0 Å². The smallest absolute Gasteiger partial charge is 0.326 e. The first-order chi connectivity index (χ1) is 9.41. The van der Waals surface area contributed by atoms with E-state index < -0.39 is 34.3 Å². The molecule has 1 aromatic rings. The van der Waals surface area contributed by atoms with E-state index in [1.807, 2.05) is 0 Å². The predicted molar refractivity (Wildman–Crippen MR) is 64.7 cm³/mol. The fourth-order valence-corrected chi connectivity index (χ4v) is 2.21. The van der Waals surface area contributed by atoms with Gasteiger partial charge in [0.1, 0.15) is 11.9 Å². The Hall–Kier alpha value is -2.51. The number of benzene rings is 1. The molecule has 1 N–H and O–H groups in total. The molecule has 0 saturated carbocycles. The quantitative estimate of drug-likeness (QED) is 0.667. The van der Waals surface area contributed by atoms with Gasteiger partial charge in [0, 0.05) is 12.6 Å². The van der Waals surface area contributed by atoms with Crippen LogP contribution in [-0.2, 0) is 4.79 Å². The van der Waals surface area contributed by atoms with Crippen molar-refractivity contribution in [2.75, 3.05) is 6.54 Å². The number of carbonyl (C=O) groups is 2. The van der Waals surface area contributed by atoms with Crippen molar-refractivity contribution in [3.8, 4) is 0 Å². The molecule has 1 aliphatic rings. The number of carboxylic acids is 1. The van der Waals surface area contributed by atoms with Crippen molar-refractivity contribution in [3.05, 3.63) is 39.7 Å². The van der Waals surface area contributed by atoms with E-state index in [9.17, 15) is 24.1 Å². The predicted octanol–water partition coefficient (Wildman–Crippen LogP) is 1.42. The summed E-state index contributed by atoms with van der Waals surface area (Å²) < 4.78 is 13.7. The van der Waals surface area contributed by atoms with Gasteiger partial charge in [-0.2, -0.15) is 0 Å². The number of rotatable bonds is 3. The summed E-state index contributed by atoms with van der Waals surface area (Å²) >= 11 is 0. The number of carboxylic acid groups (broad SMARTS) is 1. The highest BCUT2D eigenvalue weighted by Crippen LogP contribution is 2.23. The van der Waals surface area contributed by atoms with Gasteiger partial charge in [-0.25, -0.2) is 9.18 Å². The molecule has 20 heavy (non-hydrogen) atoms. The summed E-state index contributed by atoms with van der Waals surface area (Å²) in [4.78, 5) is 33.9. The summed E-state index contributed by atoms with van der Waals surface area (Å²) in [5.41, 5.74) is -0.820. The van der Waals surface area contributed by atoms with Crippen LogP contribution in [0.2, 0.25) is 0 Å². The van der Waals surface area contributed by atoms with E-state index in [1.165, 1.54) is 0 Å². The van der Waals surface area contributed by atoms with Gasteiger partial charge < -0.3 is 10.0 Å². The molecule has 1 atom stereocenters. The normalized spacial score (nSPS) is 18.1. The Morgan fingerprint density at radius 2 is 2.15 bits per heavy atom. The molecule has 106 valence electrons. The van der Waals surface area contributed by atoms with Gasteiger partial charge >= 0.3 is 5.97 Å². The summed E-state index contributed by atoms with van der Waals surface area (Å²) in [5, 5.41) is 19.5. The highest BCUT2D eigenvalue weighted by Gasteiger charge is 2.35. The zero-order chi connectivity index (χ0) is 14.9. The average Bonchev–Trinajstić information content (AvgIpc) is 2.87. The molecule has 0 bridgehead atoms. The number of nitrogens with zero attached hydrogens (tertiary/aromatic N) is 2. The molecule has 1 fully saturated rings. The van der Waals surface area contributed by atoms with Gasteiger partial charge in [-0.1, -0.05) is 0 Å². The minimum Gasteiger partial charge on any atom is -0.480 e. The lowest BCUT2D eigenvalue weighted by Gasteiger charge is -2.21. The van der Waals surface area contributed by atoms with E-state index in [2.05, 4.69) is 0 Å². The summed E-state index contributed by atoms with van der Waals surface area (Å²) in [6, 6.07) is 1.70. The first-order valence-electron chi connectivity index (χ1n) is 5.89. The lowest BCUT2D eigenvalue weighted by Crippen LogP contribution is -2.40. The fraction of sp³-hybridized carbons (Fsp3) is 0.333. The third-order valence-corrected chi connectivity index (χ3v) is 3.19. The maximum Gasteiger partial charge on any atom is 0.326 e. The van der Waals surface area contributed by atoms with Crippen molar-refractivity contribution in [2.24, 2.45) is 0 Å². The molecule has 1 heterocycles. The van der Waals surface area contributed by atoms with Crippen LogP contribution in [0.3, 0.4) is 0 Å². The number of non-ortho nitro benzene ring substituents is 1. The first kappa shape index (κ1) is 13.9. The van der Waals surface area contributed by atoms with Crippen LogP contribution in [0.5, 0.6) is 0 Å². The number of halogens is 1. The highest BCUT2D eigenvalue weighted by molar-refractivity contribution is 5.97. The van der Waals surface area contributed by atoms with Gasteiger partial charge in [0.2, 0.25) is 0 Å². The Labute approximate surface area is 112 Å². The zero-order valence-electron chi connectivity index (χ0n) is 10.3. The molecule has 1 aliphatic heterocycles. The second-order valence-electron chi connectivity index (χ2n) is 4.42. The van der Waals surface area contributed by atoms with E-state index in [1.54, 1.807) is 0 Å². The number of amides is 1. The Morgan fingerprint density at radius 1 is 1.45 bits per heavy atom. The van der Waals surface area contributed by atoms with Crippen LogP contribution in [0.25, 0.3) is 0 Å². The molecule has 8 heteroatoms. The number of nitro benzene ring substituents is 1. The number of aliphatic carboxylic acids is 1. The van der Waals surface area contributed by atoms with Crippen molar-refractivity contribution in [3.63, 3.8) is 0 Å². The molecule has 0 aromatic heterocycles. The van der Waals surface area contributed by atoms with Gasteiger partial charge in [-0.3, -0.25) is 14.9 Å². The van der Waals surface area contributed by atoms with Crippen LogP contribution in [0.1, 0.15) is 23.2 Å². The third kappa shape index (κ3) is 2.44. The lowest BCUT2D eigenvalue weighted by atomic mass is 10.1. The Bertz CT molecular complexity index is 589. The number of likely N-dealkylation sites (tertiary alicyclic amines) is 1. The van der Waals surface area contributed by atoms with Gasteiger partial charge in [0.15, 0.2) is 0 Å². The Balaban J connectivity index is 2.29. The monoisotopic (exact) mass is 282 g/mol. The summed E-state index contributed by atoms with van der Waals surface area (Å²) in [6.07, 6.45) is 0.840. The summed E-state index contributed by atoms with van der Waals surface area (Å²) in [5.74, 6) is -2.93. The van der Waals surface area contributed by atoms with E-state index in [0.717, 1.165) is 17.0 Å². The van der Waals surface area contributed by atoms with Gasteiger partial charge in [0.25, 0.3) is 11.6 Å². The van der Waals surface area contributed by atoms with Crippen LogP contribution in [0.15, 0.2) is 18.2 Å². The van der Waals surface area contributed by atoms with E-state index in [-0.39, 0.29) is 12.1 Å². The largest absolute Gasteiger partial charge is 0.480 e. The molecular formula is C12H11FN2O5. The summed E-state index contributed by atoms with van der Waals surface area (Å²) in [7, 11) is 0. The molecule has 1 amide bonds. The van der Waals surface area contributed by atoms with E-state index >= 15 is 0 Å². The fourth-order valence-electron chi connectivity index (χ4n) is 2.21. The second-order valence-corrected chi connectivity index (χ2v) is 4.42. The Morgan fingerprint density at radius 3 is 2.70 bits per heavy atom. The van der Waals surface area contributed by atoms with Crippen molar-refractivity contribution in [1.29, 1.82) is 0 Å². The number of hydrogen-bond donors (Lipinski definition) is 1. The average molecular weight is 282 g/mol. The van der Waals surface area contributed by atoms with E-state index in [4.69, 9.17) is 5.11 Å². The van der Waals surface area contributed by atoms with Crippen molar-refractivity contribution in [2.45, 2.75) is 18.9 Å². The summed E-state index contributed by atoms with van der Waals surface area (Å²) in [6.45, 7) is 0.228.